The Morgan fingerprint density at radius 1 is 0.808 bits per heavy atom. The molecule has 0 aliphatic rings. The molecule has 0 fully saturated rings. The molecule has 0 heterocycles. The van der Waals surface area contributed by atoms with Crippen molar-refractivity contribution in [3.63, 3.8) is 0 Å². The number of nitrogens with zero attached hydrogens (tertiary/aromatic N) is 1. The standard InChI is InChI=1S/C20H39NSSi4/c1-16-13-17(2)19(18(3)14-16)21-15-22-23-20(24(4,5)6,25(7,8)9)26(10,11)12/h13-15H,1-12H3. The van der Waals surface area contributed by atoms with E-state index >= 15 is 0 Å². The van der Waals surface area contributed by atoms with Crippen molar-refractivity contribution in [1.29, 1.82) is 0 Å². The monoisotopic (exact) mass is 437 g/mol. The minimum atomic E-state index is -1.31. The van der Waals surface area contributed by atoms with Gasteiger partial charge in [0.15, 0.2) is 0 Å². The summed E-state index contributed by atoms with van der Waals surface area (Å²) in [5.74, 6) is 0. The molecule has 0 unspecified atom stereocenters. The highest BCUT2D eigenvalue weighted by molar-refractivity contribution is 8.33. The third-order valence-electron chi connectivity index (χ3n) is 5.46. The van der Waals surface area contributed by atoms with Crippen LogP contribution < -0.4 is 0 Å². The van der Waals surface area contributed by atoms with E-state index in [1.54, 1.807) is 0 Å². The zero-order chi connectivity index (χ0) is 20.6. The molecule has 2 radical (unpaired) electrons. The van der Waals surface area contributed by atoms with Crippen molar-refractivity contribution < 1.29 is 0 Å². The Balaban J connectivity index is 3.17. The van der Waals surface area contributed by atoms with Crippen LogP contribution in [0.2, 0.25) is 62.8 Å². The fraction of sp³-hybridized carbons (Fsp3) is 0.650. The summed E-state index contributed by atoms with van der Waals surface area (Å²) in [5, 5.41) is 0. The second-order valence-corrected chi connectivity index (χ2v) is 32.2. The van der Waals surface area contributed by atoms with Crippen LogP contribution in [0, 0.1) is 20.8 Å². The molecule has 0 saturated heterocycles. The molecule has 1 nitrogen and oxygen atoms in total. The maximum Gasteiger partial charge on any atom is 0.129 e. The molecule has 0 aliphatic heterocycles. The first-order chi connectivity index (χ1) is 11.5. The molecule has 1 rings (SSSR count). The number of hydrogen-bond acceptors (Lipinski definition) is 2. The average Bonchev–Trinajstić information content (AvgIpc) is 2.35. The molecular weight excluding hydrogens is 399 g/mol. The van der Waals surface area contributed by atoms with Gasteiger partial charge in [-0.2, -0.15) is 0 Å². The lowest BCUT2D eigenvalue weighted by Gasteiger charge is -2.58. The Morgan fingerprint density at radius 2 is 1.19 bits per heavy atom. The molecule has 0 aliphatic carbocycles. The maximum absolute atomic E-state index is 4.89. The second kappa shape index (κ2) is 8.23. The van der Waals surface area contributed by atoms with Gasteiger partial charge in [-0.15, -0.1) is 11.2 Å². The molecule has 0 aromatic heterocycles. The van der Waals surface area contributed by atoms with Gasteiger partial charge in [-0.1, -0.05) is 76.6 Å². The van der Waals surface area contributed by atoms with Gasteiger partial charge in [0.1, 0.15) is 8.67 Å². The summed E-state index contributed by atoms with van der Waals surface area (Å²) in [7, 11) is -3.00. The molecule has 0 N–H and O–H groups in total. The van der Waals surface area contributed by atoms with Crippen LogP contribution in [-0.4, -0.2) is 38.4 Å². The molecule has 26 heavy (non-hydrogen) atoms. The maximum atomic E-state index is 4.89. The van der Waals surface area contributed by atoms with Gasteiger partial charge in [0.25, 0.3) is 0 Å². The molecule has 146 valence electrons. The largest absolute Gasteiger partial charge is 0.250 e. The van der Waals surface area contributed by atoms with Gasteiger partial charge >= 0.3 is 0 Å². The van der Waals surface area contributed by atoms with Gasteiger partial charge in [-0.25, -0.2) is 0 Å². The Kier molecular flexibility index (Phi) is 7.64. The highest BCUT2D eigenvalue weighted by Crippen LogP contribution is 2.54. The van der Waals surface area contributed by atoms with Crippen LogP contribution in [0.1, 0.15) is 16.7 Å². The molecule has 0 bridgehead atoms. The number of rotatable bonds is 7. The Morgan fingerprint density at radius 3 is 1.54 bits per heavy atom. The van der Waals surface area contributed by atoms with Gasteiger partial charge in [0.05, 0.1) is 11.2 Å². The topological polar surface area (TPSA) is 12.4 Å². The fourth-order valence-corrected chi connectivity index (χ4v) is 47.2. The van der Waals surface area contributed by atoms with Crippen molar-refractivity contribution in [3.05, 3.63) is 28.8 Å². The normalized spacial score (nSPS) is 14.3. The van der Waals surface area contributed by atoms with Gasteiger partial charge in [0, 0.05) is 24.2 Å². The summed E-state index contributed by atoms with van der Waals surface area (Å²) >= 11 is 2.00. The molecule has 6 heteroatoms. The first-order valence-electron chi connectivity index (χ1n) is 9.58. The van der Waals surface area contributed by atoms with Crippen LogP contribution in [0.15, 0.2) is 17.1 Å². The number of aryl methyl sites for hydroxylation is 3. The summed E-state index contributed by atoms with van der Waals surface area (Å²) in [6, 6.07) is 4.48. The van der Waals surface area contributed by atoms with Gasteiger partial charge in [-0.05, 0) is 35.8 Å². The summed E-state index contributed by atoms with van der Waals surface area (Å²) in [6.45, 7) is 30.0. The molecular formula is C20H39NSSi4. The average molecular weight is 438 g/mol. The van der Waals surface area contributed by atoms with E-state index in [4.69, 9.17) is 4.99 Å². The zero-order valence-corrected chi connectivity index (χ0v) is 23.9. The van der Waals surface area contributed by atoms with Gasteiger partial charge < -0.3 is 0 Å². The highest BCUT2D eigenvalue weighted by atomic mass is 32.4. The van der Waals surface area contributed by atoms with E-state index in [0.717, 1.165) is 14.4 Å². The van der Waals surface area contributed by atoms with Gasteiger partial charge in [0.2, 0.25) is 0 Å². The van der Waals surface area contributed by atoms with Gasteiger partial charge in [-0.3, -0.25) is 4.99 Å². The lowest BCUT2D eigenvalue weighted by Crippen LogP contribution is -2.68. The summed E-state index contributed by atoms with van der Waals surface area (Å²) < 4.78 is 0.612. The van der Waals surface area contributed by atoms with E-state index in [2.05, 4.69) is 97.4 Å². The van der Waals surface area contributed by atoms with Crippen LogP contribution in [0.3, 0.4) is 0 Å². The predicted octanol–water partition coefficient (Wildman–Crippen LogP) is 7.41. The van der Waals surface area contributed by atoms with Crippen molar-refractivity contribution in [3.8, 4) is 0 Å². The van der Waals surface area contributed by atoms with E-state index < -0.39 is 24.2 Å². The number of benzene rings is 1. The van der Waals surface area contributed by atoms with E-state index in [1.165, 1.54) is 16.7 Å². The SMILES string of the molecule is Cc1cc(C)c(N=CS[Si]C([Si](C)(C)C)([Si](C)(C)C)[Si](C)(C)C)c(C)c1. The molecule has 1 aromatic carbocycles. The second-order valence-electron chi connectivity index (χ2n) is 10.7. The van der Waals surface area contributed by atoms with Crippen LogP contribution in [0.25, 0.3) is 0 Å². The van der Waals surface area contributed by atoms with Crippen molar-refractivity contribution >= 4 is 55.3 Å². The quantitative estimate of drug-likeness (QED) is 0.245. The predicted molar refractivity (Wildman–Crippen MR) is 135 cm³/mol. The Hall–Kier alpha value is 0.108. The first-order valence-corrected chi connectivity index (χ1v) is 22.7. The van der Waals surface area contributed by atoms with Crippen LogP contribution in [-0.2, 0) is 0 Å². The zero-order valence-electron chi connectivity index (χ0n) is 19.1. The minimum absolute atomic E-state index is 0.612. The minimum Gasteiger partial charge on any atom is -0.250 e. The van der Waals surface area contributed by atoms with E-state index in [1.807, 2.05) is 11.2 Å². The third kappa shape index (κ3) is 4.93. The lowest BCUT2D eigenvalue weighted by molar-refractivity contribution is 1.24. The first kappa shape index (κ1) is 24.1. The van der Waals surface area contributed by atoms with Crippen LogP contribution >= 0.6 is 11.2 Å². The highest BCUT2D eigenvalue weighted by Gasteiger charge is 2.59. The smallest absolute Gasteiger partial charge is 0.129 e. The molecule has 0 spiro atoms. The molecule has 0 saturated carbocycles. The van der Waals surface area contributed by atoms with Crippen molar-refractivity contribution in [2.75, 3.05) is 0 Å². The molecule has 1 aromatic rings. The summed E-state index contributed by atoms with van der Waals surface area (Å²) in [4.78, 5) is 4.89. The third-order valence-corrected chi connectivity index (χ3v) is 37.4. The fourth-order valence-electron chi connectivity index (χ4n) is 5.40. The number of aliphatic imine (C=N–C) groups is 1. The van der Waals surface area contributed by atoms with E-state index in [-0.39, 0.29) is 0 Å². The Bertz CT molecular complexity index is 605. The van der Waals surface area contributed by atoms with E-state index in [0.29, 0.717) is 3.91 Å². The Labute approximate surface area is 172 Å². The van der Waals surface area contributed by atoms with Crippen molar-refractivity contribution in [2.24, 2.45) is 4.99 Å². The van der Waals surface area contributed by atoms with Crippen molar-refractivity contribution in [2.45, 2.75) is 83.6 Å². The van der Waals surface area contributed by atoms with Crippen LogP contribution in [0.4, 0.5) is 5.69 Å². The molecule has 0 amide bonds. The summed E-state index contributed by atoms with van der Waals surface area (Å²) in [6.07, 6.45) is 0. The van der Waals surface area contributed by atoms with E-state index in [9.17, 15) is 0 Å². The molecule has 0 atom stereocenters. The van der Waals surface area contributed by atoms with Crippen LogP contribution in [0.5, 0.6) is 0 Å². The number of hydrogen-bond donors (Lipinski definition) is 0. The lowest BCUT2D eigenvalue weighted by atomic mass is 10.1. The van der Waals surface area contributed by atoms with Crippen molar-refractivity contribution in [1.82, 2.24) is 0 Å². The summed E-state index contributed by atoms with van der Waals surface area (Å²) in [5.41, 5.74) is 7.21.